The minimum Gasteiger partial charge on any atom is -0.495 e. The molecule has 0 aromatic heterocycles. The van der Waals surface area contributed by atoms with Crippen molar-refractivity contribution in [3.05, 3.63) is 57.0 Å². The Labute approximate surface area is 143 Å². The van der Waals surface area contributed by atoms with E-state index in [0.717, 1.165) is 21.3 Å². The van der Waals surface area contributed by atoms with Gasteiger partial charge in [0, 0.05) is 16.6 Å². The zero-order valence-corrected chi connectivity index (χ0v) is 14.8. The Morgan fingerprint density at radius 2 is 2.09 bits per heavy atom. The predicted molar refractivity (Wildman–Crippen MR) is 93.8 cm³/mol. The number of aryl methyl sites for hydroxylation is 1. The van der Waals surface area contributed by atoms with Crippen LogP contribution in [0.1, 0.15) is 17.5 Å². The van der Waals surface area contributed by atoms with E-state index in [2.05, 4.69) is 21.2 Å². The van der Waals surface area contributed by atoms with Crippen molar-refractivity contribution in [2.24, 2.45) is 0 Å². The van der Waals surface area contributed by atoms with E-state index >= 15 is 0 Å². The molecule has 1 amide bonds. The number of ether oxygens (including phenoxy) is 1. The largest absolute Gasteiger partial charge is 0.495 e. The van der Waals surface area contributed by atoms with Crippen LogP contribution in [0.2, 0.25) is 5.02 Å². The average molecular weight is 383 g/mol. The van der Waals surface area contributed by atoms with E-state index in [4.69, 9.17) is 16.3 Å². The Bertz CT molecular complexity index is 688. The molecule has 2 aromatic rings. The van der Waals surface area contributed by atoms with Crippen molar-refractivity contribution in [2.75, 3.05) is 12.4 Å². The molecule has 22 heavy (non-hydrogen) atoms. The van der Waals surface area contributed by atoms with Crippen molar-refractivity contribution < 1.29 is 9.53 Å². The third kappa shape index (κ3) is 4.24. The first-order chi connectivity index (χ1) is 10.5. The Morgan fingerprint density at radius 1 is 1.32 bits per heavy atom. The molecule has 0 spiro atoms. The summed E-state index contributed by atoms with van der Waals surface area (Å²) in [5, 5.41) is 3.49. The van der Waals surface area contributed by atoms with Crippen LogP contribution in [-0.2, 0) is 11.2 Å². The maximum Gasteiger partial charge on any atom is 0.224 e. The molecule has 0 atom stereocenters. The highest BCUT2D eigenvalue weighted by Gasteiger charge is 2.08. The molecule has 0 aliphatic heterocycles. The summed E-state index contributed by atoms with van der Waals surface area (Å²) >= 11 is 9.54. The summed E-state index contributed by atoms with van der Waals surface area (Å²) in [4.78, 5) is 12.1. The summed E-state index contributed by atoms with van der Waals surface area (Å²) in [6.07, 6.45) is 1.03. The number of nitrogens with one attached hydrogen (secondary N) is 1. The third-order valence-corrected chi connectivity index (χ3v) is 4.55. The number of rotatable bonds is 5. The molecule has 2 rings (SSSR count). The minimum atomic E-state index is -0.0202. The fourth-order valence-electron chi connectivity index (χ4n) is 2.08. The number of hydrogen-bond acceptors (Lipinski definition) is 2. The molecule has 0 heterocycles. The highest BCUT2D eigenvalue weighted by Crippen LogP contribution is 2.26. The van der Waals surface area contributed by atoms with Crippen molar-refractivity contribution in [1.29, 1.82) is 0 Å². The first kappa shape index (κ1) is 16.8. The quantitative estimate of drug-likeness (QED) is 0.791. The van der Waals surface area contributed by atoms with Crippen LogP contribution >= 0.6 is 27.5 Å². The lowest BCUT2D eigenvalue weighted by molar-refractivity contribution is -0.116. The van der Waals surface area contributed by atoms with E-state index in [1.165, 1.54) is 0 Å². The standard InChI is InChI=1S/C17H17BrClNO2/c1-11-13(18)4-3-5-15(11)20-17(21)9-7-12-6-8-16(22-2)14(19)10-12/h3-6,8,10H,7,9H2,1-2H3,(H,20,21). The number of amides is 1. The number of halogens is 2. The van der Waals surface area contributed by atoms with Gasteiger partial charge >= 0.3 is 0 Å². The lowest BCUT2D eigenvalue weighted by Gasteiger charge is -2.10. The number of anilines is 1. The van der Waals surface area contributed by atoms with Crippen LogP contribution in [0.15, 0.2) is 40.9 Å². The van der Waals surface area contributed by atoms with E-state index in [1.54, 1.807) is 7.11 Å². The van der Waals surface area contributed by atoms with E-state index < -0.39 is 0 Å². The summed E-state index contributed by atoms with van der Waals surface area (Å²) < 4.78 is 6.09. The molecular weight excluding hydrogens is 366 g/mol. The molecule has 0 bridgehead atoms. The lowest BCUT2D eigenvalue weighted by atomic mass is 10.1. The van der Waals surface area contributed by atoms with Crippen molar-refractivity contribution in [3.63, 3.8) is 0 Å². The summed E-state index contributed by atoms with van der Waals surface area (Å²) in [6, 6.07) is 11.3. The van der Waals surface area contributed by atoms with Crippen LogP contribution in [0, 0.1) is 6.92 Å². The fourth-order valence-corrected chi connectivity index (χ4v) is 2.73. The number of carbonyl (C=O) groups is 1. The van der Waals surface area contributed by atoms with Crippen LogP contribution in [0.5, 0.6) is 5.75 Å². The molecule has 0 unspecified atom stereocenters. The molecule has 2 aromatic carbocycles. The second-order valence-electron chi connectivity index (χ2n) is 4.93. The molecule has 3 nitrogen and oxygen atoms in total. The summed E-state index contributed by atoms with van der Waals surface area (Å²) in [5.74, 6) is 0.618. The van der Waals surface area contributed by atoms with Gasteiger partial charge in [0.1, 0.15) is 5.75 Å². The molecule has 0 aliphatic carbocycles. The fraction of sp³-hybridized carbons (Fsp3) is 0.235. The molecule has 1 N–H and O–H groups in total. The average Bonchev–Trinajstić information content (AvgIpc) is 2.50. The van der Waals surface area contributed by atoms with Gasteiger partial charge in [0.25, 0.3) is 0 Å². The van der Waals surface area contributed by atoms with Gasteiger partial charge in [0.05, 0.1) is 12.1 Å². The maximum atomic E-state index is 12.1. The van der Waals surface area contributed by atoms with Crippen LogP contribution in [0.3, 0.4) is 0 Å². The summed E-state index contributed by atoms with van der Waals surface area (Å²) in [5.41, 5.74) is 2.85. The van der Waals surface area contributed by atoms with Gasteiger partial charge in [-0.15, -0.1) is 0 Å². The van der Waals surface area contributed by atoms with Gasteiger partial charge in [-0.2, -0.15) is 0 Å². The van der Waals surface area contributed by atoms with E-state index in [-0.39, 0.29) is 5.91 Å². The van der Waals surface area contributed by atoms with Crippen LogP contribution in [-0.4, -0.2) is 13.0 Å². The summed E-state index contributed by atoms with van der Waals surface area (Å²) in [6.45, 7) is 1.96. The van der Waals surface area contributed by atoms with E-state index in [0.29, 0.717) is 23.6 Å². The Morgan fingerprint density at radius 3 is 2.77 bits per heavy atom. The van der Waals surface area contributed by atoms with Gasteiger partial charge in [0.2, 0.25) is 5.91 Å². The molecule has 0 radical (unpaired) electrons. The van der Waals surface area contributed by atoms with E-state index in [1.807, 2.05) is 43.3 Å². The maximum absolute atomic E-state index is 12.1. The zero-order chi connectivity index (χ0) is 16.1. The van der Waals surface area contributed by atoms with Crippen LogP contribution in [0.4, 0.5) is 5.69 Å². The molecule has 0 aliphatic rings. The molecule has 0 saturated carbocycles. The number of hydrogen-bond donors (Lipinski definition) is 1. The predicted octanol–water partition coefficient (Wildman–Crippen LogP) is 4.99. The molecule has 5 heteroatoms. The molecule has 0 fully saturated rings. The lowest BCUT2D eigenvalue weighted by Crippen LogP contribution is -2.13. The zero-order valence-electron chi connectivity index (χ0n) is 12.5. The molecule has 116 valence electrons. The van der Waals surface area contributed by atoms with E-state index in [9.17, 15) is 4.79 Å². The normalized spacial score (nSPS) is 10.4. The van der Waals surface area contributed by atoms with Gasteiger partial charge in [-0.25, -0.2) is 0 Å². The highest BCUT2D eigenvalue weighted by atomic mass is 79.9. The first-order valence-electron chi connectivity index (χ1n) is 6.88. The number of carbonyl (C=O) groups excluding carboxylic acids is 1. The number of benzene rings is 2. The topological polar surface area (TPSA) is 38.3 Å². The van der Waals surface area contributed by atoms with Crippen LogP contribution < -0.4 is 10.1 Å². The minimum absolute atomic E-state index is 0.0202. The second kappa shape index (κ2) is 7.65. The smallest absolute Gasteiger partial charge is 0.224 e. The third-order valence-electron chi connectivity index (χ3n) is 3.40. The monoisotopic (exact) mass is 381 g/mol. The SMILES string of the molecule is COc1ccc(CCC(=O)Nc2cccc(Br)c2C)cc1Cl. The van der Waals surface area contributed by atoms with Crippen molar-refractivity contribution in [1.82, 2.24) is 0 Å². The van der Waals surface area contributed by atoms with Crippen molar-refractivity contribution in [3.8, 4) is 5.75 Å². The van der Waals surface area contributed by atoms with Crippen LogP contribution in [0.25, 0.3) is 0 Å². The Hall–Kier alpha value is -1.52. The first-order valence-corrected chi connectivity index (χ1v) is 8.05. The summed E-state index contributed by atoms with van der Waals surface area (Å²) in [7, 11) is 1.58. The molecule has 0 saturated heterocycles. The highest BCUT2D eigenvalue weighted by molar-refractivity contribution is 9.10. The van der Waals surface area contributed by atoms with Gasteiger partial charge < -0.3 is 10.1 Å². The molecular formula is C17H17BrClNO2. The van der Waals surface area contributed by atoms with Gasteiger partial charge in [-0.05, 0) is 48.7 Å². The number of methoxy groups -OCH3 is 1. The second-order valence-corrected chi connectivity index (χ2v) is 6.19. The Kier molecular flexibility index (Phi) is 5.86. The van der Waals surface area contributed by atoms with Crippen molar-refractivity contribution >= 4 is 39.1 Å². The van der Waals surface area contributed by atoms with Gasteiger partial charge in [-0.3, -0.25) is 4.79 Å². The van der Waals surface area contributed by atoms with Crippen molar-refractivity contribution in [2.45, 2.75) is 19.8 Å². The van der Waals surface area contributed by atoms with Gasteiger partial charge in [-0.1, -0.05) is 39.7 Å². The Balaban J connectivity index is 1.95. The van der Waals surface area contributed by atoms with Gasteiger partial charge in [0.15, 0.2) is 0 Å².